The molecule has 1 fully saturated rings. The van der Waals surface area contributed by atoms with Crippen LogP contribution >= 0.6 is 23.2 Å². The first-order chi connectivity index (χ1) is 13.4. The number of fused-ring (bicyclic) bond motifs is 2. The predicted octanol–water partition coefficient (Wildman–Crippen LogP) is 4.90. The average Bonchev–Trinajstić information content (AvgIpc) is 2.94. The van der Waals surface area contributed by atoms with Gasteiger partial charge in [-0.15, -0.1) is 0 Å². The standard InChI is InChI=1S/C22H22Cl2N2O2/c1-3-12(2)20-22(16-8-7-15(24)10-18(16)25-21(22)28)17(11-19(27)26-20)13-5-4-6-14(23)9-13/h4-10,12,17,20H,3,11H2,1-2H3,(H,25,28)(H,26,27)/t12?,17-,20+,22-/m0/s1. The van der Waals surface area contributed by atoms with E-state index < -0.39 is 5.41 Å². The molecule has 28 heavy (non-hydrogen) atoms. The van der Waals surface area contributed by atoms with Gasteiger partial charge in [-0.05, 0) is 41.3 Å². The van der Waals surface area contributed by atoms with Gasteiger partial charge in [0, 0.05) is 28.1 Å². The van der Waals surface area contributed by atoms with Gasteiger partial charge in [0.15, 0.2) is 0 Å². The minimum atomic E-state index is -0.909. The Bertz CT molecular complexity index is 961. The number of nitrogens with one attached hydrogen (secondary N) is 2. The summed E-state index contributed by atoms with van der Waals surface area (Å²) in [7, 11) is 0. The van der Waals surface area contributed by atoms with E-state index in [0.717, 1.165) is 17.5 Å². The van der Waals surface area contributed by atoms with E-state index in [1.807, 2.05) is 30.3 Å². The number of hydrogen-bond acceptors (Lipinski definition) is 2. The maximum Gasteiger partial charge on any atom is 0.237 e. The highest BCUT2D eigenvalue weighted by atomic mass is 35.5. The van der Waals surface area contributed by atoms with Crippen molar-refractivity contribution >= 4 is 40.7 Å². The van der Waals surface area contributed by atoms with Crippen LogP contribution in [0.2, 0.25) is 10.0 Å². The van der Waals surface area contributed by atoms with Crippen LogP contribution in [0.25, 0.3) is 0 Å². The van der Waals surface area contributed by atoms with Crippen molar-refractivity contribution in [1.82, 2.24) is 5.32 Å². The minimum absolute atomic E-state index is 0.0453. The summed E-state index contributed by atoms with van der Waals surface area (Å²) in [6, 6.07) is 12.7. The smallest absolute Gasteiger partial charge is 0.237 e. The lowest BCUT2D eigenvalue weighted by Gasteiger charge is -2.48. The molecule has 4 atom stereocenters. The summed E-state index contributed by atoms with van der Waals surface area (Å²) in [6.07, 6.45) is 1.06. The number of hydrogen-bond donors (Lipinski definition) is 2. The summed E-state index contributed by atoms with van der Waals surface area (Å²) < 4.78 is 0. The molecule has 6 heteroatoms. The summed E-state index contributed by atoms with van der Waals surface area (Å²) in [5.41, 5.74) is 1.59. The van der Waals surface area contributed by atoms with Crippen molar-refractivity contribution in [1.29, 1.82) is 0 Å². The number of carbonyl (C=O) groups excluding carboxylic acids is 2. The minimum Gasteiger partial charge on any atom is -0.352 e. The largest absolute Gasteiger partial charge is 0.352 e. The lowest BCUT2D eigenvalue weighted by molar-refractivity contribution is -0.132. The quantitative estimate of drug-likeness (QED) is 0.746. The number of rotatable bonds is 3. The van der Waals surface area contributed by atoms with Gasteiger partial charge in [0.05, 0.1) is 6.04 Å². The van der Waals surface area contributed by atoms with Crippen molar-refractivity contribution in [3.8, 4) is 0 Å². The maximum atomic E-state index is 13.6. The van der Waals surface area contributed by atoms with Gasteiger partial charge in [-0.25, -0.2) is 0 Å². The normalized spacial score (nSPS) is 27.3. The van der Waals surface area contributed by atoms with Crippen molar-refractivity contribution in [2.75, 3.05) is 5.32 Å². The highest BCUT2D eigenvalue weighted by Crippen LogP contribution is 2.54. The third-order valence-electron chi connectivity index (χ3n) is 6.26. The van der Waals surface area contributed by atoms with Gasteiger partial charge in [0.1, 0.15) is 5.41 Å². The topological polar surface area (TPSA) is 58.2 Å². The van der Waals surface area contributed by atoms with Crippen LogP contribution in [0.3, 0.4) is 0 Å². The van der Waals surface area contributed by atoms with E-state index in [1.54, 1.807) is 12.1 Å². The summed E-state index contributed by atoms with van der Waals surface area (Å²) >= 11 is 12.4. The van der Waals surface area contributed by atoms with Gasteiger partial charge in [0.2, 0.25) is 11.8 Å². The van der Waals surface area contributed by atoms with Crippen LogP contribution in [0.15, 0.2) is 42.5 Å². The molecule has 146 valence electrons. The Kier molecular flexibility index (Phi) is 4.88. The Morgan fingerprint density at radius 3 is 2.61 bits per heavy atom. The number of benzene rings is 2. The first-order valence-electron chi connectivity index (χ1n) is 9.54. The molecule has 2 N–H and O–H groups in total. The molecule has 0 radical (unpaired) electrons. The number of amides is 2. The second-order valence-electron chi connectivity index (χ2n) is 7.76. The third kappa shape index (κ3) is 2.82. The molecule has 2 aliphatic heterocycles. The fraction of sp³-hybridized carbons (Fsp3) is 0.364. The molecule has 1 saturated heterocycles. The summed E-state index contributed by atoms with van der Waals surface area (Å²) in [6.45, 7) is 4.15. The number of carbonyl (C=O) groups is 2. The SMILES string of the molecule is CCC(C)[C@H]1NC(=O)C[C@@H](c2cccc(Cl)c2)[C@]12C(=O)Nc1cc(Cl)ccc12. The van der Waals surface area contributed by atoms with Crippen molar-refractivity contribution in [2.45, 2.75) is 44.1 Å². The van der Waals surface area contributed by atoms with E-state index in [1.165, 1.54) is 0 Å². The Morgan fingerprint density at radius 1 is 1.14 bits per heavy atom. The van der Waals surface area contributed by atoms with Crippen molar-refractivity contribution < 1.29 is 9.59 Å². The first-order valence-corrected chi connectivity index (χ1v) is 10.3. The number of anilines is 1. The molecule has 0 aliphatic carbocycles. The van der Waals surface area contributed by atoms with Gasteiger partial charge in [0.25, 0.3) is 0 Å². The number of halogens is 2. The zero-order chi connectivity index (χ0) is 20.1. The van der Waals surface area contributed by atoms with Crippen LogP contribution < -0.4 is 10.6 Å². The zero-order valence-corrected chi connectivity index (χ0v) is 17.3. The molecular weight excluding hydrogens is 395 g/mol. The van der Waals surface area contributed by atoms with Crippen LogP contribution in [-0.4, -0.2) is 17.9 Å². The molecule has 4 rings (SSSR count). The van der Waals surface area contributed by atoms with E-state index in [2.05, 4.69) is 24.5 Å². The molecular formula is C22H22Cl2N2O2. The Hall–Kier alpha value is -2.04. The van der Waals surface area contributed by atoms with Crippen LogP contribution in [0.1, 0.15) is 43.7 Å². The lowest BCUT2D eigenvalue weighted by Crippen LogP contribution is -2.64. The first kappa shape index (κ1) is 19.3. The predicted molar refractivity (Wildman–Crippen MR) is 112 cm³/mol. The van der Waals surface area contributed by atoms with Crippen molar-refractivity contribution in [3.05, 3.63) is 63.6 Å². The molecule has 0 saturated carbocycles. The van der Waals surface area contributed by atoms with E-state index in [0.29, 0.717) is 15.7 Å². The second kappa shape index (κ2) is 7.09. The molecule has 1 unspecified atom stereocenters. The van der Waals surface area contributed by atoms with Crippen molar-refractivity contribution in [2.24, 2.45) is 5.92 Å². The number of piperidine rings is 1. The fourth-order valence-corrected chi connectivity index (χ4v) is 5.19. The molecule has 2 amide bonds. The summed E-state index contributed by atoms with van der Waals surface area (Å²) in [4.78, 5) is 26.3. The molecule has 2 aromatic carbocycles. The third-order valence-corrected chi connectivity index (χ3v) is 6.73. The molecule has 2 heterocycles. The maximum absolute atomic E-state index is 13.6. The molecule has 0 aromatic heterocycles. The van der Waals surface area contributed by atoms with Gasteiger partial charge in [-0.3, -0.25) is 9.59 Å². The average molecular weight is 417 g/mol. The van der Waals surface area contributed by atoms with Gasteiger partial charge in [-0.1, -0.05) is 61.7 Å². The van der Waals surface area contributed by atoms with Gasteiger partial charge in [-0.2, -0.15) is 0 Å². The van der Waals surface area contributed by atoms with E-state index in [9.17, 15) is 9.59 Å². The van der Waals surface area contributed by atoms with E-state index in [4.69, 9.17) is 23.2 Å². The monoisotopic (exact) mass is 416 g/mol. The highest BCUT2D eigenvalue weighted by molar-refractivity contribution is 6.31. The van der Waals surface area contributed by atoms with Crippen LogP contribution in [0.5, 0.6) is 0 Å². The van der Waals surface area contributed by atoms with Crippen LogP contribution in [0.4, 0.5) is 5.69 Å². The van der Waals surface area contributed by atoms with E-state index in [-0.39, 0.29) is 36.1 Å². The molecule has 2 aromatic rings. The van der Waals surface area contributed by atoms with E-state index >= 15 is 0 Å². The van der Waals surface area contributed by atoms with Crippen molar-refractivity contribution in [3.63, 3.8) is 0 Å². The summed E-state index contributed by atoms with van der Waals surface area (Å²) in [5, 5.41) is 7.32. The van der Waals surface area contributed by atoms with Gasteiger partial charge < -0.3 is 10.6 Å². The Labute approximate surface area is 174 Å². The summed E-state index contributed by atoms with van der Waals surface area (Å²) in [5.74, 6) is -0.351. The van der Waals surface area contributed by atoms with Crippen LogP contribution in [0, 0.1) is 5.92 Å². The Morgan fingerprint density at radius 2 is 1.89 bits per heavy atom. The zero-order valence-electron chi connectivity index (χ0n) is 15.8. The van der Waals surface area contributed by atoms with Gasteiger partial charge >= 0.3 is 0 Å². The second-order valence-corrected chi connectivity index (χ2v) is 8.63. The molecule has 1 spiro atoms. The molecule has 4 nitrogen and oxygen atoms in total. The van der Waals surface area contributed by atoms with Crippen LogP contribution in [-0.2, 0) is 15.0 Å². The lowest BCUT2D eigenvalue weighted by atomic mass is 9.58. The molecule has 2 aliphatic rings. The Balaban J connectivity index is 1.99. The molecule has 0 bridgehead atoms. The fourth-order valence-electron chi connectivity index (χ4n) is 4.82. The highest BCUT2D eigenvalue weighted by Gasteiger charge is 2.61.